The Kier molecular flexibility index (Phi) is 4.79. The number of rotatable bonds is 5. The molecular formula is C14H11BrN4O2S2. The summed E-state index contributed by atoms with van der Waals surface area (Å²) in [5, 5.41) is 14.0. The molecule has 0 spiro atoms. The highest BCUT2D eigenvalue weighted by Crippen LogP contribution is 2.33. The Labute approximate surface area is 148 Å². The van der Waals surface area contributed by atoms with Crippen molar-refractivity contribution < 1.29 is 4.92 Å². The first-order valence-corrected chi connectivity index (χ1v) is 9.38. The van der Waals surface area contributed by atoms with Crippen LogP contribution in [0.25, 0.3) is 10.2 Å². The number of thiazole rings is 1. The summed E-state index contributed by atoms with van der Waals surface area (Å²) >= 11 is 6.77. The standard InChI is InChI=1S/C14H11BrN4O2S2/c1-22-14-18-12-9(15)5-8(6-11(12)23-14)7-17-13-10(19(20)21)3-2-4-16-13/h2-6H,7H2,1H3,(H,16,17). The number of thioether (sulfide) groups is 1. The molecule has 0 saturated heterocycles. The molecule has 0 saturated carbocycles. The van der Waals surface area contributed by atoms with Gasteiger partial charge in [-0.05, 0) is 45.9 Å². The minimum Gasteiger partial charge on any atom is -0.360 e. The van der Waals surface area contributed by atoms with E-state index in [2.05, 4.69) is 31.2 Å². The fourth-order valence-corrected chi connectivity index (χ4v) is 4.38. The van der Waals surface area contributed by atoms with Crippen molar-refractivity contribution in [2.75, 3.05) is 11.6 Å². The Bertz CT molecular complexity index is 884. The van der Waals surface area contributed by atoms with Crippen LogP contribution >= 0.6 is 39.0 Å². The molecule has 1 N–H and O–H groups in total. The van der Waals surface area contributed by atoms with E-state index in [9.17, 15) is 10.1 Å². The Balaban J connectivity index is 1.86. The molecule has 0 unspecified atom stereocenters. The molecule has 0 fully saturated rings. The van der Waals surface area contributed by atoms with Gasteiger partial charge in [0, 0.05) is 23.3 Å². The molecule has 0 bridgehead atoms. The normalized spacial score (nSPS) is 10.9. The number of nitrogens with one attached hydrogen (secondary N) is 1. The van der Waals surface area contributed by atoms with Gasteiger partial charge in [-0.2, -0.15) is 0 Å². The number of anilines is 1. The third kappa shape index (κ3) is 3.46. The number of aromatic nitrogens is 2. The lowest BCUT2D eigenvalue weighted by Gasteiger charge is -2.07. The molecule has 3 aromatic rings. The van der Waals surface area contributed by atoms with Crippen molar-refractivity contribution >= 4 is 60.8 Å². The van der Waals surface area contributed by atoms with Gasteiger partial charge in [0.25, 0.3) is 0 Å². The van der Waals surface area contributed by atoms with Crippen LogP contribution in [-0.2, 0) is 6.54 Å². The lowest BCUT2D eigenvalue weighted by molar-refractivity contribution is -0.384. The summed E-state index contributed by atoms with van der Waals surface area (Å²) in [5.41, 5.74) is 1.91. The van der Waals surface area contributed by atoms with Gasteiger partial charge in [-0.15, -0.1) is 11.3 Å². The zero-order valence-electron chi connectivity index (χ0n) is 11.9. The first-order valence-electron chi connectivity index (χ1n) is 6.54. The Morgan fingerprint density at radius 2 is 2.30 bits per heavy atom. The molecule has 9 heteroatoms. The maximum absolute atomic E-state index is 11.0. The monoisotopic (exact) mass is 410 g/mol. The lowest BCUT2D eigenvalue weighted by Crippen LogP contribution is -2.04. The highest BCUT2D eigenvalue weighted by Gasteiger charge is 2.14. The summed E-state index contributed by atoms with van der Waals surface area (Å²) in [5.74, 6) is 0.267. The fourth-order valence-electron chi connectivity index (χ4n) is 2.08. The van der Waals surface area contributed by atoms with E-state index in [1.807, 2.05) is 18.4 Å². The van der Waals surface area contributed by atoms with Gasteiger partial charge in [0.1, 0.15) is 0 Å². The molecular weight excluding hydrogens is 400 g/mol. The van der Waals surface area contributed by atoms with Gasteiger partial charge in [-0.1, -0.05) is 11.8 Å². The van der Waals surface area contributed by atoms with Gasteiger partial charge in [0.2, 0.25) is 5.82 Å². The molecule has 0 aliphatic heterocycles. The maximum Gasteiger partial charge on any atom is 0.311 e. The zero-order valence-corrected chi connectivity index (χ0v) is 15.2. The smallest absolute Gasteiger partial charge is 0.311 e. The number of nitrogens with zero attached hydrogens (tertiary/aromatic N) is 3. The fraction of sp³-hybridized carbons (Fsp3) is 0.143. The highest BCUT2D eigenvalue weighted by molar-refractivity contribution is 9.10. The number of pyridine rings is 1. The topological polar surface area (TPSA) is 81.0 Å². The second-order valence-corrected chi connectivity index (χ2v) is 7.53. The highest BCUT2D eigenvalue weighted by atomic mass is 79.9. The second kappa shape index (κ2) is 6.81. The summed E-state index contributed by atoms with van der Waals surface area (Å²) in [6.07, 6.45) is 3.52. The molecule has 2 aromatic heterocycles. The van der Waals surface area contributed by atoms with E-state index in [-0.39, 0.29) is 11.5 Å². The van der Waals surface area contributed by atoms with Crippen LogP contribution in [0, 0.1) is 10.1 Å². The summed E-state index contributed by atoms with van der Waals surface area (Å²) in [4.78, 5) is 19.1. The minimum absolute atomic E-state index is 0.0323. The molecule has 118 valence electrons. The van der Waals surface area contributed by atoms with Crippen molar-refractivity contribution in [1.29, 1.82) is 0 Å². The number of fused-ring (bicyclic) bond motifs is 1. The first kappa shape index (κ1) is 16.2. The van der Waals surface area contributed by atoms with Crippen LogP contribution in [-0.4, -0.2) is 21.1 Å². The predicted molar refractivity (Wildman–Crippen MR) is 97.3 cm³/mol. The average Bonchev–Trinajstić information content (AvgIpc) is 2.97. The zero-order chi connectivity index (χ0) is 16.4. The quantitative estimate of drug-likeness (QED) is 0.373. The van der Waals surface area contributed by atoms with Crippen molar-refractivity contribution in [3.05, 3.63) is 50.6 Å². The van der Waals surface area contributed by atoms with E-state index >= 15 is 0 Å². The van der Waals surface area contributed by atoms with E-state index < -0.39 is 4.92 Å². The molecule has 23 heavy (non-hydrogen) atoms. The minimum atomic E-state index is -0.442. The number of hydrogen-bond donors (Lipinski definition) is 1. The Hall–Kier alpha value is -1.71. The molecule has 3 rings (SSSR count). The SMILES string of the molecule is CSc1nc2c(Br)cc(CNc3ncccc3[N+](=O)[O-])cc2s1. The summed E-state index contributed by atoms with van der Waals surface area (Å²) in [6.45, 7) is 0.443. The number of hydrogen-bond acceptors (Lipinski definition) is 7. The van der Waals surface area contributed by atoms with Gasteiger partial charge < -0.3 is 5.32 Å². The Morgan fingerprint density at radius 1 is 1.48 bits per heavy atom. The van der Waals surface area contributed by atoms with Crippen LogP contribution in [0.2, 0.25) is 0 Å². The van der Waals surface area contributed by atoms with E-state index in [0.717, 1.165) is 24.6 Å². The largest absolute Gasteiger partial charge is 0.360 e. The summed E-state index contributed by atoms with van der Waals surface area (Å²) in [7, 11) is 0. The van der Waals surface area contributed by atoms with Crippen LogP contribution in [0.4, 0.5) is 11.5 Å². The van der Waals surface area contributed by atoms with Crippen molar-refractivity contribution in [3.8, 4) is 0 Å². The van der Waals surface area contributed by atoms with Crippen LogP contribution in [0.1, 0.15) is 5.56 Å². The molecule has 0 atom stereocenters. The number of benzene rings is 1. The molecule has 2 heterocycles. The maximum atomic E-state index is 11.0. The van der Waals surface area contributed by atoms with Crippen molar-refractivity contribution in [3.63, 3.8) is 0 Å². The van der Waals surface area contributed by atoms with Crippen LogP contribution in [0.3, 0.4) is 0 Å². The van der Waals surface area contributed by atoms with Crippen LogP contribution in [0.15, 0.2) is 39.3 Å². The number of halogens is 1. The third-order valence-electron chi connectivity index (χ3n) is 3.11. The summed E-state index contributed by atoms with van der Waals surface area (Å²) in [6, 6.07) is 6.99. The van der Waals surface area contributed by atoms with E-state index in [0.29, 0.717) is 6.54 Å². The van der Waals surface area contributed by atoms with Crippen molar-refractivity contribution in [2.24, 2.45) is 0 Å². The van der Waals surface area contributed by atoms with E-state index in [1.165, 1.54) is 12.3 Å². The van der Waals surface area contributed by atoms with Gasteiger partial charge in [0.05, 0.1) is 15.1 Å². The predicted octanol–water partition coefficient (Wildman–Crippen LogP) is 4.70. The first-order chi connectivity index (χ1) is 11.1. The van der Waals surface area contributed by atoms with Crippen molar-refractivity contribution in [1.82, 2.24) is 9.97 Å². The lowest BCUT2D eigenvalue weighted by atomic mass is 10.2. The van der Waals surface area contributed by atoms with Gasteiger partial charge >= 0.3 is 5.69 Å². The molecule has 0 aliphatic carbocycles. The molecule has 0 radical (unpaired) electrons. The van der Waals surface area contributed by atoms with Crippen LogP contribution in [0.5, 0.6) is 0 Å². The van der Waals surface area contributed by atoms with Gasteiger partial charge in [-0.25, -0.2) is 9.97 Å². The summed E-state index contributed by atoms with van der Waals surface area (Å²) < 4.78 is 3.00. The van der Waals surface area contributed by atoms with Gasteiger partial charge in [-0.3, -0.25) is 10.1 Å². The van der Waals surface area contributed by atoms with Gasteiger partial charge in [0.15, 0.2) is 4.34 Å². The average molecular weight is 411 g/mol. The Morgan fingerprint density at radius 3 is 3.04 bits per heavy atom. The second-order valence-electron chi connectivity index (χ2n) is 4.59. The molecule has 0 amide bonds. The van der Waals surface area contributed by atoms with Crippen molar-refractivity contribution in [2.45, 2.75) is 10.9 Å². The number of nitro groups is 1. The molecule has 1 aromatic carbocycles. The molecule has 0 aliphatic rings. The molecule has 6 nitrogen and oxygen atoms in total. The van der Waals surface area contributed by atoms with Crippen LogP contribution < -0.4 is 5.32 Å². The third-order valence-corrected chi connectivity index (χ3v) is 5.70. The van der Waals surface area contributed by atoms with E-state index in [4.69, 9.17) is 0 Å². The van der Waals surface area contributed by atoms with E-state index in [1.54, 1.807) is 29.2 Å².